The Morgan fingerprint density at radius 3 is 3.06 bits per heavy atom. The van der Waals surface area contributed by atoms with E-state index in [0.717, 1.165) is 0 Å². The van der Waals surface area contributed by atoms with Crippen molar-refractivity contribution in [1.29, 1.82) is 0 Å². The van der Waals surface area contributed by atoms with Gasteiger partial charge >= 0.3 is 6.09 Å². The molecule has 7 nitrogen and oxygen atoms in total. The number of ether oxygens (including phenoxy) is 1. The molecule has 2 rings (SSSR count). The second kappa shape index (κ2) is 5.09. The van der Waals surface area contributed by atoms with Crippen LogP contribution in [0, 0.1) is 4.91 Å². The highest BCUT2D eigenvalue weighted by Gasteiger charge is 2.11. The molecular formula is C11H11N4O3+. The van der Waals surface area contributed by atoms with Gasteiger partial charge < -0.3 is 9.72 Å². The Balaban J connectivity index is 2.32. The molecule has 0 aliphatic rings. The molecule has 0 fully saturated rings. The summed E-state index contributed by atoms with van der Waals surface area (Å²) in [5, 5.41) is 3.59. The summed E-state index contributed by atoms with van der Waals surface area (Å²) >= 11 is 0. The maximum Gasteiger partial charge on any atom is 0.427 e. The summed E-state index contributed by atoms with van der Waals surface area (Å²) in [4.78, 5) is 25.7. The van der Waals surface area contributed by atoms with E-state index in [-0.39, 0.29) is 5.69 Å². The first kappa shape index (κ1) is 11.8. The van der Waals surface area contributed by atoms with E-state index in [0.29, 0.717) is 15.5 Å². The molecule has 7 heteroatoms. The van der Waals surface area contributed by atoms with Crippen molar-refractivity contribution in [3.8, 4) is 0 Å². The van der Waals surface area contributed by atoms with Crippen molar-refractivity contribution in [2.24, 2.45) is 5.10 Å². The van der Waals surface area contributed by atoms with Crippen LogP contribution in [-0.2, 0) is 4.74 Å². The third kappa shape index (κ3) is 2.34. The molecule has 1 aromatic carbocycles. The van der Waals surface area contributed by atoms with Crippen LogP contribution in [0.3, 0.4) is 0 Å². The standard InChI is InChI=1S/C11H10N4O3/c1-18-11(16)14-13-7-8-6-12-9-4-2-3-5-10(9)15(8)17/h2-7H,1H3,(H-,12,13,14,16,17)/p+1. The Labute approximate surface area is 102 Å². The minimum Gasteiger partial charge on any atom is -0.452 e. The zero-order valence-electron chi connectivity index (χ0n) is 9.58. The highest BCUT2D eigenvalue weighted by Crippen LogP contribution is 2.04. The van der Waals surface area contributed by atoms with E-state index in [2.05, 4.69) is 20.2 Å². The van der Waals surface area contributed by atoms with Gasteiger partial charge in [0, 0.05) is 11.0 Å². The molecule has 0 bridgehead atoms. The Bertz CT molecular complexity index is 663. The Morgan fingerprint density at radius 1 is 1.50 bits per heavy atom. The Hall–Kier alpha value is -2.70. The molecule has 18 heavy (non-hydrogen) atoms. The fraction of sp³-hybridized carbons (Fsp3) is 0.0909. The summed E-state index contributed by atoms with van der Waals surface area (Å²) in [5.74, 6) is 0. The molecule has 0 saturated heterocycles. The number of amides is 1. The van der Waals surface area contributed by atoms with E-state index >= 15 is 0 Å². The number of hydrazone groups is 1. The lowest BCUT2D eigenvalue weighted by atomic mass is 10.3. The number of aromatic amines is 1. The van der Waals surface area contributed by atoms with Crippen LogP contribution in [0.15, 0.2) is 35.6 Å². The van der Waals surface area contributed by atoms with Gasteiger partial charge in [0.1, 0.15) is 11.7 Å². The number of carbonyl (C=O) groups excluding carboxylic acids is 1. The fourth-order valence-corrected chi connectivity index (χ4v) is 1.41. The van der Waals surface area contributed by atoms with Crippen molar-refractivity contribution in [2.45, 2.75) is 0 Å². The molecule has 0 aliphatic heterocycles. The number of fused-ring (bicyclic) bond motifs is 1. The molecule has 1 heterocycles. The molecule has 0 spiro atoms. The third-order valence-corrected chi connectivity index (χ3v) is 2.27. The maximum atomic E-state index is 11.9. The van der Waals surface area contributed by atoms with Crippen molar-refractivity contribution in [3.63, 3.8) is 0 Å². The summed E-state index contributed by atoms with van der Waals surface area (Å²) in [6.45, 7) is 0. The van der Waals surface area contributed by atoms with E-state index in [1.165, 1.54) is 19.5 Å². The number of carbonyl (C=O) groups is 1. The number of rotatable bonds is 2. The predicted octanol–water partition coefficient (Wildman–Crippen LogP) is 0.772. The van der Waals surface area contributed by atoms with E-state index in [9.17, 15) is 9.70 Å². The number of H-pyrrole nitrogens is 1. The van der Waals surface area contributed by atoms with Gasteiger partial charge in [-0.05, 0) is 6.07 Å². The van der Waals surface area contributed by atoms with Crippen molar-refractivity contribution in [2.75, 3.05) is 7.11 Å². The van der Waals surface area contributed by atoms with Gasteiger partial charge in [0.25, 0.3) is 11.2 Å². The van der Waals surface area contributed by atoms with E-state index < -0.39 is 6.09 Å². The number of nitrogens with one attached hydrogen (secondary N) is 2. The van der Waals surface area contributed by atoms with Crippen LogP contribution < -0.4 is 9.85 Å². The maximum absolute atomic E-state index is 11.9. The van der Waals surface area contributed by atoms with Crippen molar-refractivity contribution >= 4 is 23.3 Å². The average Bonchev–Trinajstić information content (AvgIpc) is 2.41. The number of hydrogen-bond acceptors (Lipinski definition) is 4. The van der Waals surface area contributed by atoms with Gasteiger partial charge in [0.2, 0.25) is 0 Å². The van der Waals surface area contributed by atoms with Crippen molar-refractivity contribution in [3.05, 3.63) is 41.1 Å². The van der Waals surface area contributed by atoms with Gasteiger partial charge in [-0.15, -0.1) is 0 Å². The SMILES string of the molecule is COC(=O)NN=Cc1c[nH]c2ccccc2[n+]1=O. The molecule has 1 amide bonds. The van der Waals surface area contributed by atoms with Crippen LogP contribution in [0.4, 0.5) is 4.79 Å². The number of aromatic nitrogens is 2. The third-order valence-electron chi connectivity index (χ3n) is 2.27. The summed E-state index contributed by atoms with van der Waals surface area (Å²) in [5.41, 5.74) is 3.57. The predicted molar refractivity (Wildman–Crippen MR) is 64.8 cm³/mol. The van der Waals surface area contributed by atoms with Gasteiger partial charge in [-0.1, -0.05) is 12.1 Å². The van der Waals surface area contributed by atoms with E-state index in [4.69, 9.17) is 0 Å². The normalized spacial score (nSPS) is 10.7. The molecule has 0 unspecified atom stereocenters. The second-order valence-electron chi connectivity index (χ2n) is 3.39. The van der Waals surface area contributed by atoms with Gasteiger partial charge in [-0.3, -0.25) is 0 Å². The zero-order chi connectivity index (χ0) is 13.0. The number of benzene rings is 1. The van der Waals surface area contributed by atoms with Crippen molar-refractivity contribution in [1.82, 2.24) is 10.4 Å². The molecule has 2 N–H and O–H groups in total. The number of methoxy groups -OCH3 is 1. The van der Waals surface area contributed by atoms with Crippen LogP contribution >= 0.6 is 0 Å². The number of nitrogens with zero attached hydrogens (tertiary/aromatic N) is 2. The summed E-state index contributed by atoms with van der Waals surface area (Å²) in [6, 6.07) is 7.06. The molecule has 0 atom stereocenters. The Kier molecular flexibility index (Phi) is 3.33. The molecule has 0 radical (unpaired) electrons. The van der Waals surface area contributed by atoms with Crippen LogP contribution in [-0.4, -0.2) is 24.4 Å². The first-order chi connectivity index (χ1) is 8.72. The summed E-state index contributed by atoms with van der Waals surface area (Å²) in [7, 11) is 1.22. The molecule has 0 aliphatic carbocycles. The lowest BCUT2D eigenvalue weighted by Gasteiger charge is -1.94. The minimum absolute atomic E-state index is 0.269. The monoisotopic (exact) mass is 247 g/mol. The van der Waals surface area contributed by atoms with E-state index in [1.807, 2.05) is 6.07 Å². The topological polar surface area (TPSA) is 89.4 Å². The van der Waals surface area contributed by atoms with Gasteiger partial charge in [-0.25, -0.2) is 10.2 Å². The highest BCUT2D eigenvalue weighted by atomic mass is 16.5. The van der Waals surface area contributed by atoms with E-state index in [1.54, 1.807) is 18.2 Å². The quantitative estimate of drug-likeness (QED) is 0.466. The zero-order valence-corrected chi connectivity index (χ0v) is 9.58. The van der Waals surface area contributed by atoms with Crippen LogP contribution in [0.2, 0.25) is 0 Å². The fourth-order valence-electron chi connectivity index (χ4n) is 1.41. The van der Waals surface area contributed by atoms with Crippen LogP contribution in [0.5, 0.6) is 0 Å². The summed E-state index contributed by atoms with van der Waals surface area (Å²) in [6.07, 6.45) is 2.03. The minimum atomic E-state index is -0.700. The first-order valence-electron chi connectivity index (χ1n) is 5.12. The molecule has 92 valence electrons. The smallest absolute Gasteiger partial charge is 0.427 e. The Morgan fingerprint density at radius 2 is 2.28 bits per heavy atom. The van der Waals surface area contributed by atoms with Gasteiger partial charge in [0.15, 0.2) is 0 Å². The first-order valence-corrected chi connectivity index (χ1v) is 5.12. The number of para-hydroxylation sites is 2. The van der Waals surface area contributed by atoms with Gasteiger partial charge in [0.05, 0.1) is 17.7 Å². The summed E-state index contributed by atoms with van der Waals surface area (Å²) < 4.78 is 5.05. The van der Waals surface area contributed by atoms with Crippen LogP contribution in [0.25, 0.3) is 11.0 Å². The largest absolute Gasteiger partial charge is 0.452 e. The number of hydrogen-bond donors (Lipinski definition) is 2. The molecular weight excluding hydrogens is 236 g/mol. The molecule has 2 aromatic rings. The molecule has 1 aromatic heterocycles. The lowest BCUT2D eigenvalue weighted by molar-refractivity contribution is -0.465. The van der Waals surface area contributed by atoms with Crippen LogP contribution in [0.1, 0.15) is 5.69 Å². The average molecular weight is 247 g/mol. The van der Waals surface area contributed by atoms with Gasteiger partial charge in [-0.2, -0.15) is 5.10 Å². The molecule has 0 saturated carbocycles. The second-order valence-corrected chi connectivity index (χ2v) is 3.39. The highest BCUT2D eigenvalue weighted by molar-refractivity contribution is 5.79. The lowest BCUT2D eigenvalue weighted by Crippen LogP contribution is -2.24. The van der Waals surface area contributed by atoms with Crippen molar-refractivity contribution < 1.29 is 14.0 Å².